The van der Waals surface area contributed by atoms with Crippen LogP contribution in [0.4, 0.5) is 0 Å². The zero-order valence-corrected chi connectivity index (χ0v) is 23.6. The molecule has 5 nitrogen and oxygen atoms in total. The summed E-state index contributed by atoms with van der Waals surface area (Å²) in [5.74, 6) is -1.05. The zero-order valence-electron chi connectivity index (χ0n) is 18.8. The SMILES string of the molecule is CC1=C2[C@@H](C)C(=O)[C@@]3(C)[C@H]([C@H](C)[C@](O)(C[C@@H]1O)C2(C)C)[C@]1(O)CO[C@@H]1C[C@@H]3C.[Ac]. The van der Waals surface area contributed by atoms with Crippen molar-refractivity contribution in [2.24, 2.45) is 34.5 Å². The molecule has 1 radical (unpaired) electrons. The Morgan fingerprint density at radius 1 is 1.10 bits per heavy atom. The van der Waals surface area contributed by atoms with Gasteiger partial charge in [-0.15, -0.1) is 0 Å². The molecule has 9 atom stereocenters. The van der Waals surface area contributed by atoms with Crippen molar-refractivity contribution in [3.63, 3.8) is 0 Å². The maximum atomic E-state index is 14.0. The molecule has 4 aliphatic rings. The Morgan fingerprint density at radius 3 is 2.21 bits per heavy atom. The van der Waals surface area contributed by atoms with E-state index in [2.05, 4.69) is 6.92 Å². The van der Waals surface area contributed by atoms with Crippen LogP contribution < -0.4 is 0 Å². The van der Waals surface area contributed by atoms with Gasteiger partial charge in [0.2, 0.25) is 0 Å². The van der Waals surface area contributed by atoms with Crippen LogP contribution in [0.1, 0.15) is 61.3 Å². The summed E-state index contributed by atoms with van der Waals surface area (Å²) in [5, 5.41) is 34.6. The predicted octanol–water partition coefficient (Wildman–Crippen LogP) is 2.47. The summed E-state index contributed by atoms with van der Waals surface area (Å²) in [5.41, 5.74) is -2.08. The Bertz CT molecular complexity index is 762. The third-order valence-electron chi connectivity index (χ3n) is 9.64. The number of rotatable bonds is 0. The third kappa shape index (κ3) is 2.72. The molecule has 0 aromatic rings. The van der Waals surface area contributed by atoms with Gasteiger partial charge in [0.1, 0.15) is 11.4 Å². The van der Waals surface area contributed by atoms with Gasteiger partial charge < -0.3 is 20.1 Å². The van der Waals surface area contributed by atoms with Gasteiger partial charge in [0, 0.05) is 73.1 Å². The fourth-order valence-electron chi connectivity index (χ4n) is 7.79. The van der Waals surface area contributed by atoms with Crippen molar-refractivity contribution in [2.45, 2.75) is 84.7 Å². The largest absolute Gasteiger partial charge is 0.389 e. The summed E-state index contributed by atoms with van der Waals surface area (Å²) in [6, 6.07) is 0. The van der Waals surface area contributed by atoms with Crippen molar-refractivity contribution in [1.29, 1.82) is 0 Å². The molecule has 3 fully saturated rings. The van der Waals surface area contributed by atoms with Gasteiger partial charge in [0.25, 0.3) is 0 Å². The Hall–Kier alpha value is 0.692. The number of hydrogen-bond donors (Lipinski definition) is 3. The second-order valence-corrected chi connectivity index (χ2v) is 10.9. The van der Waals surface area contributed by atoms with Crippen molar-refractivity contribution in [1.82, 2.24) is 0 Å². The molecule has 1 saturated heterocycles. The summed E-state index contributed by atoms with van der Waals surface area (Å²) in [6.07, 6.45) is -0.196. The molecule has 161 valence electrons. The van der Waals surface area contributed by atoms with Crippen molar-refractivity contribution in [3.8, 4) is 0 Å². The van der Waals surface area contributed by atoms with E-state index in [9.17, 15) is 20.1 Å². The van der Waals surface area contributed by atoms with Gasteiger partial charge in [-0.25, -0.2) is 0 Å². The van der Waals surface area contributed by atoms with Crippen molar-refractivity contribution in [2.75, 3.05) is 6.61 Å². The zero-order chi connectivity index (χ0) is 21.0. The summed E-state index contributed by atoms with van der Waals surface area (Å²) in [4.78, 5) is 14.0. The number of ketones is 1. The Morgan fingerprint density at radius 2 is 1.69 bits per heavy atom. The number of aliphatic hydroxyl groups is 3. The van der Waals surface area contributed by atoms with Gasteiger partial charge in [0.05, 0.1) is 24.4 Å². The molecule has 2 saturated carbocycles. The first-order chi connectivity index (χ1) is 12.7. The number of hydrogen-bond acceptors (Lipinski definition) is 5. The van der Waals surface area contributed by atoms with E-state index >= 15 is 0 Å². The first-order valence-corrected chi connectivity index (χ1v) is 10.7. The van der Waals surface area contributed by atoms with Crippen LogP contribution in [0.15, 0.2) is 11.1 Å². The molecular weight excluding hydrogens is 583 g/mol. The monoisotopic (exact) mass is 619 g/mol. The van der Waals surface area contributed by atoms with E-state index in [0.29, 0.717) is 6.42 Å². The van der Waals surface area contributed by atoms with Crippen LogP contribution in [-0.4, -0.2) is 51.1 Å². The minimum absolute atomic E-state index is 0. The topological polar surface area (TPSA) is 87.0 Å². The molecule has 4 rings (SSSR count). The Balaban J connectivity index is 0.00000240. The smallest absolute Gasteiger partial charge is 0.146 e. The minimum atomic E-state index is -1.23. The van der Waals surface area contributed by atoms with E-state index in [0.717, 1.165) is 11.1 Å². The van der Waals surface area contributed by atoms with Crippen LogP contribution in [0.5, 0.6) is 0 Å². The molecule has 6 heteroatoms. The van der Waals surface area contributed by atoms with Crippen molar-refractivity contribution in [3.05, 3.63) is 11.1 Å². The molecule has 3 aliphatic carbocycles. The molecule has 0 aromatic carbocycles. The third-order valence-corrected chi connectivity index (χ3v) is 9.64. The molecule has 1 heterocycles. The first-order valence-electron chi connectivity index (χ1n) is 10.7. The summed E-state index contributed by atoms with van der Waals surface area (Å²) in [7, 11) is 0. The second-order valence-electron chi connectivity index (χ2n) is 10.9. The number of carbonyl (C=O) groups excluding carboxylic acids is 1. The van der Waals surface area contributed by atoms with Gasteiger partial charge in [-0.3, -0.25) is 4.79 Å². The molecule has 0 amide bonds. The first kappa shape index (κ1) is 24.3. The van der Waals surface area contributed by atoms with Crippen LogP contribution in [0.2, 0.25) is 0 Å². The van der Waals surface area contributed by atoms with Crippen LogP contribution in [-0.2, 0) is 9.53 Å². The molecule has 0 spiro atoms. The van der Waals surface area contributed by atoms with Crippen LogP contribution >= 0.6 is 0 Å². The van der Waals surface area contributed by atoms with E-state index in [1.54, 1.807) is 0 Å². The Labute approximate surface area is 210 Å². The van der Waals surface area contributed by atoms with E-state index in [1.165, 1.54) is 0 Å². The molecule has 3 N–H and O–H groups in total. The fraction of sp³-hybridized carbons (Fsp3) is 0.870. The molecular formula is C23H36AcO5. The van der Waals surface area contributed by atoms with Gasteiger partial charge in [-0.1, -0.05) is 41.5 Å². The average Bonchev–Trinajstić information content (AvgIpc) is 2.60. The standard InChI is InChI=1S/C23H36O5.Ac/c1-11-8-16-22(26,10-28-16)18-14(4)23(27)9-15(24)12(2)17(20(23,5)6)13(3)19(25)21(11,18)7;/h11,13-16,18,24,26-27H,8-10H2,1-7H3;/t11-,13+,14-,15-,16+,18-,21+,22-,23+;/m0./s1. The quantitative estimate of drug-likeness (QED) is 0.363. The van der Waals surface area contributed by atoms with Gasteiger partial charge >= 0.3 is 0 Å². The maximum Gasteiger partial charge on any atom is 0.146 e. The predicted molar refractivity (Wildman–Crippen MR) is 105 cm³/mol. The minimum Gasteiger partial charge on any atom is -0.389 e. The number of Topliss-reactive ketones (excluding diaryl/α,β-unsaturated/α-hetero) is 1. The molecule has 2 bridgehead atoms. The molecule has 1 aliphatic heterocycles. The maximum absolute atomic E-state index is 14.0. The number of ether oxygens (including phenoxy) is 1. The number of aliphatic hydroxyl groups excluding tert-OH is 1. The van der Waals surface area contributed by atoms with Crippen molar-refractivity contribution < 1.29 is 68.9 Å². The second kappa shape index (κ2) is 7.09. The van der Waals surface area contributed by atoms with Gasteiger partial charge in [0.15, 0.2) is 0 Å². The van der Waals surface area contributed by atoms with Crippen molar-refractivity contribution >= 4 is 5.78 Å². The van der Waals surface area contributed by atoms with Crippen LogP contribution in [0.3, 0.4) is 0 Å². The normalized spacial score (nSPS) is 53.7. The average molecular weight is 620 g/mol. The van der Waals surface area contributed by atoms with E-state index in [-0.39, 0.29) is 80.8 Å². The van der Waals surface area contributed by atoms with Gasteiger partial charge in [-0.2, -0.15) is 0 Å². The van der Waals surface area contributed by atoms with E-state index in [1.807, 2.05) is 41.5 Å². The number of fused-ring (bicyclic) bond motifs is 5. The molecule has 29 heavy (non-hydrogen) atoms. The summed E-state index contributed by atoms with van der Waals surface area (Å²) >= 11 is 0. The van der Waals surface area contributed by atoms with Gasteiger partial charge in [-0.05, 0) is 36.3 Å². The number of carbonyl (C=O) groups is 1. The molecule has 0 unspecified atom stereocenters. The summed E-state index contributed by atoms with van der Waals surface area (Å²) in [6.45, 7) is 14.0. The fourth-order valence-corrected chi connectivity index (χ4v) is 7.79. The van der Waals surface area contributed by atoms with E-state index in [4.69, 9.17) is 4.74 Å². The van der Waals surface area contributed by atoms with E-state index < -0.39 is 40.0 Å². The van der Waals surface area contributed by atoms with Crippen LogP contribution in [0, 0.1) is 78.6 Å². The Kier molecular flexibility index (Phi) is 5.95. The van der Waals surface area contributed by atoms with Crippen LogP contribution in [0.25, 0.3) is 0 Å². The molecule has 0 aromatic heterocycles. The summed E-state index contributed by atoms with van der Waals surface area (Å²) < 4.78 is 5.71.